The monoisotopic (exact) mass is 339 g/mol. The molecule has 1 N–H and O–H groups in total. The van der Waals surface area contributed by atoms with Crippen LogP contribution < -0.4 is 10.1 Å². The van der Waals surface area contributed by atoms with Crippen molar-refractivity contribution in [3.63, 3.8) is 0 Å². The van der Waals surface area contributed by atoms with Gasteiger partial charge in [0.15, 0.2) is 5.17 Å². The first-order valence-corrected chi connectivity index (χ1v) is 8.39. The average molecular weight is 339 g/mol. The Morgan fingerprint density at radius 2 is 1.92 bits per heavy atom. The molecule has 0 bridgehead atoms. The number of benzene rings is 2. The Morgan fingerprint density at radius 3 is 2.62 bits per heavy atom. The molecule has 122 valence electrons. The first-order valence-electron chi connectivity index (χ1n) is 7.51. The van der Waals surface area contributed by atoms with E-state index in [9.17, 15) is 4.79 Å². The van der Waals surface area contributed by atoms with Gasteiger partial charge in [0, 0.05) is 0 Å². The van der Waals surface area contributed by atoms with Gasteiger partial charge >= 0.3 is 0 Å². The topological polar surface area (TPSA) is 63.1 Å². The summed E-state index contributed by atoms with van der Waals surface area (Å²) in [5.74, 6) is 0.768. The van der Waals surface area contributed by atoms with Crippen LogP contribution in [-0.4, -0.2) is 29.6 Å². The summed E-state index contributed by atoms with van der Waals surface area (Å²) < 4.78 is 5.14. The van der Waals surface area contributed by atoms with E-state index in [2.05, 4.69) is 15.5 Å². The first-order chi connectivity index (χ1) is 11.7. The predicted octanol–water partition coefficient (Wildman–Crippen LogP) is 2.86. The van der Waals surface area contributed by atoms with Gasteiger partial charge in [-0.15, -0.1) is 5.10 Å². The summed E-state index contributed by atoms with van der Waals surface area (Å²) in [6, 6.07) is 17.4. The number of hydrogen-bond acceptors (Lipinski definition) is 5. The van der Waals surface area contributed by atoms with E-state index in [4.69, 9.17) is 4.74 Å². The number of amides is 1. The van der Waals surface area contributed by atoms with Crippen molar-refractivity contribution in [3.05, 3.63) is 65.7 Å². The van der Waals surface area contributed by atoms with Gasteiger partial charge in [-0.2, -0.15) is 5.10 Å². The zero-order valence-electron chi connectivity index (χ0n) is 13.2. The zero-order valence-corrected chi connectivity index (χ0v) is 14.0. The molecule has 6 heteroatoms. The summed E-state index contributed by atoms with van der Waals surface area (Å²) in [5.41, 5.74) is 2.04. The molecule has 0 radical (unpaired) electrons. The summed E-state index contributed by atoms with van der Waals surface area (Å²) >= 11 is 1.40. The molecule has 1 aliphatic heterocycles. The Morgan fingerprint density at radius 1 is 1.17 bits per heavy atom. The molecule has 0 saturated carbocycles. The molecule has 0 aromatic heterocycles. The Labute approximate surface area is 144 Å². The predicted molar refractivity (Wildman–Crippen MR) is 97.7 cm³/mol. The molecule has 1 saturated heterocycles. The third kappa shape index (κ3) is 4.23. The fourth-order valence-corrected chi connectivity index (χ4v) is 3.21. The van der Waals surface area contributed by atoms with Crippen molar-refractivity contribution in [2.45, 2.75) is 11.7 Å². The lowest BCUT2D eigenvalue weighted by atomic mass is 10.1. The number of methoxy groups -OCH3 is 1. The van der Waals surface area contributed by atoms with Crippen LogP contribution in [0.2, 0.25) is 0 Å². The quantitative estimate of drug-likeness (QED) is 0.673. The van der Waals surface area contributed by atoms with Crippen molar-refractivity contribution >= 4 is 29.1 Å². The second kappa shape index (κ2) is 7.79. The third-order valence-corrected chi connectivity index (χ3v) is 4.58. The molecule has 2 aromatic carbocycles. The number of hydrogen-bond donors (Lipinski definition) is 1. The number of ether oxygens (including phenoxy) is 1. The number of amidine groups is 1. The molecule has 1 heterocycles. The highest BCUT2D eigenvalue weighted by atomic mass is 32.2. The van der Waals surface area contributed by atoms with Crippen LogP contribution in [0.25, 0.3) is 0 Å². The highest BCUT2D eigenvalue weighted by molar-refractivity contribution is 8.15. The number of thioether (sulfide) groups is 1. The van der Waals surface area contributed by atoms with Crippen molar-refractivity contribution in [2.24, 2.45) is 10.2 Å². The number of carbonyl (C=O) groups excluding carboxylic acids is 1. The Kier molecular flexibility index (Phi) is 5.28. The minimum Gasteiger partial charge on any atom is -0.497 e. The smallest absolute Gasteiger partial charge is 0.239 e. The second-order valence-corrected chi connectivity index (χ2v) is 6.40. The number of rotatable bonds is 5. The number of nitrogens with zero attached hydrogens (tertiary/aromatic N) is 2. The van der Waals surface area contributed by atoms with E-state index in [-0.39, 0.29) is 11.2 Å². The maximum atomic E-state index is 12.1. The Balaban J connectivity index is 1.60. The SMILES string of the molecule is COc1ccc(C[C@@H]2S/C(=N/N=C\c3ccccc3)NC2=O)cc1. The summed E-state index contributed by atoms with van der Waals surface area (Å²) in [4.78, 5) is 12.1. The van der Waals surface area contributed by atoms with Crippen molar-refractivity contribution in [1.82, 2.24) is 5.32 Å². The van der Waals surface area contributed by atoms with E-state index in [1.165, 1.54) is 11.8 Å². The molecular weight excluding hydrogens is 322 g/mol. The van der Waals surface area contributed by atoms with Crippen LogP contribution in [0.3, 0.4) is 0 Å². The molecule has 3 rings (SSSR count). The van der Waals surface area contributed by atoms with E-state index >= 15 is 0 Å². The molecular formula is C18H17N3O2S. The van der Waals surface area contributed by atoms with Crippen LogP contribution in [-0.2, 0) is 11.2 Å². The van der Waals surface area contributed by atoms with Gasteiger partial charge in [-0.1, -0.05) is 54.2 Å². The fraction of sp³-hybridized carbons (Fsp3) is 0.167. The van der Waals surface area contributed by atoms with Crippen LogP contribution in [0.4, 0.5) is 0 Å². The van der Waals surface area contributed by atoms with E-state index in [1.807, 2.05) is 54.6 Å². The fourth-order valence-electron chi connectivity index (χ4n) is 2.25. The van der Waals surface area contributed by atoms with Gasteiger partial charge < -0.3 is 10.1 Å². The van der Waals surface area contributed by atoms with Gasteiger partial charge in [-0.3, -0.25) is 4.79 Å². The van der Waals surface area contributed by atoms with Crippen LogP contribution in [0, 0.1) is 0 Å². The van der Waals surface area contributed by atoms with Crippen LogP contribution in [0.5, 0.6) is 5.75 Å². The van der Waals surface area contributed by atoms with Gasteiger partial charge in [-0.05, 0) is 29.7 Å². The summed E-state index contributed by atoms with van der Waals surface area (Å²) in [6.45, 7) is 0. The van der Waals surface area contributed by atoms with Crippen molar-refractivity contribution in [3.8, 4) is 5.75 Å². The van der Waals surface area contributed by atoms with E-state index in [0.717, 1.165) is 16.9 Å². The minimum absolute atomic E-state index is 0.0375. The van der Waals surface area contributed by atoms with Crippen LogP contribution in [0.15, 0.2) is 64.8 Å². The zero-order chi connectivity index (χ0) is 16.8. The highest BCUT2D eigenvalue weighted by Gasteiger charge is 2.30. The van der Waals surface area contributed by atoms with E-state index in [0.29, 0.717) is 11.6 Å². The Bertz CT molecular complexity index is 758. The lowest BCUT2D eigenvalue weighted by Gasteiger charge is -2.06. The lowest BCUT2D eigenvalue weighted by molar-refractivity contribution is -0.118. The molecule has 1 fully saturated rings. The highest BCUT2D eigenvalue weighted by Crippen LogP contribution is 2.24. The largest absolute Gasteiger partial charge is 0.497 e. The molecule has 2 aromatic rings. The molecule has 0 spiro atoms. The van der Waals surface area contributed by atoms with Gasteiger partial charge in [0.2, 0.25) is 5.91 Å². The summed E-state index contributed by atoms with van der Waals surface area (Å²) in [6.07, 6.45) is 2.30. The van der Waals surface area contributed by atoms with E-state index in [1.54, 1.807) is 13.3 Å². The van der Waals surface area contributed by atoms with Gasteiger partial charge in [-0.25, -0.2) is 0 Å². The number of nitrogens with one attached hydrogen (secondary N) is 1. The van der Waals surface area contributed by atoms with Crippen molar-refractivity contribution in [1.29, 1.82) is 0 Å². The van der Waals surface area contributed by atoms with Gasteiger partial charge in [0.1, 0.15) is 5.75 Å². The van der Waals surface area contributed by atoms with Gasteiger partial charge in [0.05, 0.1) is 18.6 Å². The van der Waals surface area contributed by atoms with Crippen LogP contribution in [0.1, 0.15) is 11.1 Å². The first kappa shape index (κ1) is 16.3. The third-order valence-electron chi connectivity index (χ3n) is 3.51. The Hall–Kier alpha value is -2.60. The van der Waals surface area contributed by atoms with Crippen LogP contribution >= 0.6 is 11.8 Å². The molecule has 0 aliphatic carbocycles. The maximum Gasteiger partial charge on any atom is 0.239 e. The average Bonchev–Trinajstić information content (AvgIpc) is 2.96. The normalized spacial score (nSPS) is 19.0. The molecule has 24 heavy (non-hydrogen) atoms. The summed E-state index contributed by atoms with van der Waals surface area (Å²) in [7, 11) is 1.63. The van der Waals surface area contributed by atoms with Crippen molar-refractivity contribution < 1.29 is 9.53 Å². The number of carbonyl (C=O) groups is 1. The molecule has 1 amide bonds. The minimum atomic E-state index is -0.191. The standard InChI is InChI=1S/C18H17N3O2S/c1-23-15-9-7-13(8-10-15)11-16-17(22)20-18(24-16)21-19-12-14-5-3-2-4-6-14/h2-10,12,16H,11H2,1H3,(H,20,21,22)/b19-12-/t16-/m0/s1. The van der Waals surface area contributed by atoms with E-state index < -0.39 is 0 Å². The molecule has 0 unspecified atom stereocenters. The lowest BCUT2D eigenvalue weighted by Crippen LogP contribution is -2.25. The summed E-state index contributed by atoms with van der Waals surface area (Å²) in [5, 5.41) is 11.2. The molecule has 1 aliphatic rings. The van der Waals surface area contributed by atoms with Crippen molar-refractivity contribution in [2.75, 3.05) is 7.11 Å². The molecule has 5 nitrogen and oxygen atoms in total. The maximum absolute atomic E-state index is 12.1. The molecule has 1 atom stereocenters. The second-order valence-electron chi connectivity index (χ2n) is 5.21. The van der Waals surface area contributed by atoms with Gasteiger partial charge in [0.25, 0.3) is 0 Å².